The fourth-order valence-corrected chi connectivity index (χ4v) is 4.80. The van der Waals surface area contributed by atoms with Crippen molar-refractivity contribution in [1.82, 2.24) is 5.32 Å². The summed E-state index contributed by atoms with van der Waals surface area (Å²) in [6, 6.07) is 16.6. The zero-order valence-corrected chi connectivity index (χ0v) is 20.7. The van der Waals surface area contributed by atoms with Crippen LogP contribution in [0.15, 0.2) is 48.5 Å². The number of nitrogens with one attached hydrogen (secondary N) is 2. The SMILES string of the molecule is COCCOCOc1cc2c(c(F)c1NCC(=O)O)C[C@H](NC(C)c1cccc3ccccc13)CC2. The highest BCUT2D eigenvalue weighted by Crippen LogP contribution is 2.37. The van der Waals surface area contributed by atoms with Gasteiger partial charge in [0.2, 0.25) is 0 Å². The predicted octanol–water partition coefficient (Wildman–Crippen LogP) is 4.68. The Morgan fingerprint density at radius 1 is 1.19 bits per heavy atom. The van der Waals surface area contributed by atoms with E-state index in [1.807, 2.05) is 12.1 Å². The van der Waals surface area contributed by atoms with Crippen molar-refractivity contribution < 1.29 is 28.5 Å². The standard InChI is InChI=1S/C28H33FN2O5/c1-18(22-9-5-7-19-6-3-4-8-23(19)22)31-21-11-10-20-14-25(36-17-35-13-12-34-2)28(30-16-26(32)33)27(29)24(20)15-21/h3-9,14,18,21,30-31H,10-13,15-17H2,1-2H3,(H,32,33)/t18?,21-/m1/s1. The Labute approximate surface area is 210 Å². The monoisotopic (exact) mass is 496 g/mol. The molecule has 7 nitrogen and oxygen atoms in total. The van der Waals surface area contributed by atoms with Gasteiger partial charge in [0.15, 0.2) is 12.6 Å². The van der Waals surface area contributed by atoms with Crippen molar-refractivity contribution in [2.24, 2.45) is 0 Å². The van der Waals surface area contributed by atoms with Gasteiger partial charge in [0.1, 0.15) is 18.0 Å². The molecule has 0 aromatic heterocycles. The average Bonchev–Trinajstić information content (AvgIpc) is 2.88. The van der Waals surface area contributed by atoms with Gasteiger partial charge >= 0.3 is 5.97 Å². The Kier molecular flexibility index (Phi) is 8.74. The van der Waals surface area contributed by atoms with Crippen LogP contribution >= 0.6 is 0 Å². The summed E-state index contributed by atoms with van der Waals surface area (Å²) in [7, 11) is 1.57. The lowest BCUT2D eigenvalue weighted by Crippen LogP contribution is -2.37. The highest BCUT2D eigenvalue weighted by atomic mass is 19.1. The number of aliphatic carboxylic acids is 1. The molecular weight excluding hydrogens is 463 g/mol. The van der Waals surface area contributed by atoms with E-state index in [0.717, 1.165) is 12.0 Å². The van der Waals surface area contributed by atoms with E-state index >= 15 is 4.39 Å². The highest BCUT2D eigenvalue weighted by Gasteiger charge is 2.27. The summed E-state index contributed by atoms with van der Waals surface area (Å²) in [5.41, 5.74) is 2.72. The number of hydrogen-bond acceptors (Lipinski definition) is 6. The Balaban J connectivity index is 1.51. The topological polar surface area (TPSA) is 89.0 Å². The van der Waals surface area contributed by atoms with Crippen molar-refractivity contribution in [3.05, 3.63) is 71.0 Å². The summed E-state index contributed by atoms with van der Waals surface area (Å²) >= 11 is 0. The number of halogens is 1. The summed E-state index contributed by atoms with van der Waals surface area (Å²) in [6.07, 6.45) is 2.04. The average molecular weight is 497 g/mol. The predicted molar refractivity (Wildman–Crippen MR) is 137 cm³/mol. The van der Waals surface area contributed by atoms with Gasteiger partial charge in [-0.1, -0.05) is 42.5 Å². The number of carbonyl (C=O) groups is 1. The van der Waals surface area contributed by atoms with Gasteiger partial charge in [0, 0.05) is 19.2 Å². The van der Waals surface area contributed by atoms with E-state index < -0.39 is 18.3 Å². The van der Waals surface area contributed by atoms with E-state index in [-0.39, 0.29) is 30.3 Å². The quantitative estimate of drug-likeness (QED) is 0.248. The van der Waals surface area contributed by atoms with Crippen LogP contribution in [0.4, 0.5) is 10.1 Å². The molecule has 3 aromatic rings. The molecule has 3 N–H and O–H groups in total. The van der Waals surface area contributed by atoms with E-state index in [0.29, 0.717) is 31.6 Å². The molecule has 1 aliphatic carbocycles. The largest absolute Gasteiger partial charge is 0.480 e. The van der Waals surface area contributed by atoms with E-state index in [1.165, 1.54) is 16.3 Å². The first-order valence-corrected chi connectivity index (χ1v) is 12.2. The third-order valence-electron chi connectivity index (χ3n) is 6.56. The Bertz CT molecular complexity index is 1200. The molecule has 0 heterocycles. The second kappa shape index (κ2) is 12.2. The molecule has 0 amide bonds. The Hall–Kier alpha value is -3.20. The number of anilines is 1. The lowest BCUT2D eigenvalue weighted by atomic mass is 9.86. The zero-order chi connectivity index (χ0) is 25.5. The number of methoxy groups -OCH3 is 1. The van der Waals surface area contributed by atoms with Gasteiger partial charge in [0.05, 0.1) is 13.2 Å². The third kappa shape index (κ3) is 6.13. The van der Waals surface area contributed by atoms with Gasteiger partial charge in [-0.3, -0.25) is 4.79 Å². The number of ether oxygens (including phenoxy) is 3. The first-order valence-electron chi connectivity index (χ1n) is 12.2. The second-order valence-corrected chi connectivity index (χ2v) is 9.01. The fraction of sp³-hybridized carbons (Fsp3) is 0.393. The summed E-state index contributed by atoms with van der Waals surface area (Å²) in [4.78, 5) is 11.1. The minimum atomic E-state index is -1.09. The zero-order valence-electron chi connectivity index (χ0n) is 20.7. The molecule has 36 heavy (non-hydrogen) atoms. The maximum absolute atomic E-state index is 15.7. The third-order valence-corrected chi connectivity index (χ3v) is 6.56. The molecule has 0 saturated heterocycles. The van der Waals surface area contributed by atoms with Crippen LogP contribution in [0, 0.1) is 5.82 Å². The van der Waals surface area contributed by atoms with E-state index in [2.05, 4.69) is 47.9 Å². The summed E-state index contributed by atoms with van der Waals surface area (Å²) in [6.45, 7) is 2.38. The molecule has 0 radical (unpaired) electrons. The smallest absolute Gasteiger partial charge is 0.322 e. The maximum atomic E-state index is 15.7. The lowest BCUT2D eigenvalue weighted by molar-refractivity contribution is -0.134. The van der Waals surface area contributed by atoms with Gasteiger partial charge in [-0.15, -0.1) is 0 Å². The van der Waals surface area contributed by atoms with Crippen LogP contribution in [-0.4, -0.2) is 50.8 Å². The molecule has 1 unspecified atom stereocenters. The van der Waals surface area contributed by atoms with Gasteiger partial charge in [-0.25, -0.2) is 4.39 Å². The van der Waals surface area contributed by atoms with Crippen molar-refractivity contribution in [2.75, 3.05) is 39.0 Å². The minimum Gasteiger partial charge on any atom is -0.480 e. The van der Waals surface area contributed by atoms with Crippen molar-refractivity contribution in [3.63, 3.8) is 0 Å². The molecule has 0 fully saturated rings. The van der Waals surface area contributed by atoms with Crippen LogP contribution in [0.5, 0.6) is 5.75 Å². The normalized spacial score (nSPS) is 15.9. The van der Waals surface area contributed by atoms with Crippen LogP contribution in [0.3, 0.4) is 0 Å². The van der Waals surface area contributed by atoms with Gasteiger partial charge in [0.25, 0.3) is 0 Å². The molecule has 8 heteroatoms. The highest BCUT2D eigenvalue weighted by molar-refractivity contribution is 5.86. The molecule has 0 saturated carbocycles. The maximum Gasteiger partial charge on any atom is 0.322 e. The van der Waals surface area contributed by atoms with E-state index in [4.69, 9.17) is 19.3 Å². The molecule has 2 atom stereocenters. The van der Waals surface area contributed by atoms with E-state index in [9.17, 15) is 4.79 Å². The van der Waals surface area contributed by atoms with Gasteiger partial charge in [-0.05, 0) is 59.7 Å². The molecule has 0 aliphatic heterocycles. The number of rotatable bonds is 12. The number of carboxylic acids is 1. The summed E-state index contributed by atoms with van der Waals surface area (Å²) in [5, 5.41) is 17.9. The van der Waals surface area contributed by atoms with Crippen molar-refractivity contribution in [2.45, 2.75) is 38.3 Å². The van der Waals surface area contributed by atoms with Gasteiger partial charge < -0.3 is 30.0 Å². The van der Waals surface area contributed by atoms with Crippen molar-refractivity contribution in [1.29, 1.82) is 0 Å². The number of benzene rings is 3. The fourth-order valence-electron chi connectivity index (χ4n) is 4.80. The van der Waals surface area contributed by atoms with Crippen LogP contribution < -0.4 is 15.4 Å². The molecule has 3 aromatic carbocycles. The molecular formula is C28H33FN2O5. The van der Waals surface area contributed by atoms with Crippen molar-refractivity contribution in [3.8, 4) is 5.75 Å². The molecule has 4 rings (SSSR count). The van der Waals surface area contributed by atoms with Gasteiger partial charge in [-0.2, -0.15) is 0 Å². The van der Waals surface area contributed by atoms with Crippen LogP contribution in [0.1, 0.15) is 36.1 Å². The molecule has 1 aliphatic rings. The number of aryl methyl sites for hydroxylation is 1. The second-order valence-electron chi connectivity index (χ2n) is 9.01. The summed E-state index contributed by atoms with van der Waals surface area (Å²) < 4.78 is 31.7. The number of hydrogen-bond donors (Lipinski definition) is 3. The molecule has 192 valence electrons. The van der Waals surface area contributed by atoms with Crippen molar-refractivity contribution >= 4 is 22.4 Å². The Morgan fingerprint density at radius 2 is 2.00 bits per heavy atom. The first-order chi connectivity index (χ1) is 17.5. The molecule has 0 bridgehead atoms. The Morgan fingerprint density at radius 3 is 2.81 bits per heavy atom. The summed E-state index contributed by atoms with van der Waals surface area (Å²) in [5.74, 6) is -1.30. The van der Waals surface area contributed by atoms with Crippen LogP contribution in [0.25, 0.3) is 10.8 Å². The first kappa shape index (κ1) is 25.9. The van der Waals surface area contributed by atoms with Crippen LogP contribution in [0.2, 0.25) is 0 Å². The van der Waals surface area contributed by atoms with E-state index in [1.54, 1.807) is 13.2 Å². The number of carboxylic acid groups (broad SMARTS) is 1. The number of fused-ring (bicyclic) bond motifs is 2. The van der Waals surface area contributed by atoms with Crippen LogP contribution in [-0.2, 0) is 27.1 Å². The molecule has 0 spiro atoms. The lowest BCUT2D eigenvalue weighted by Gasteiger charge is -2.30. The minimum absolute atomic E-state index is 0.0502.